The van der Waals surface area contributed by atoms with Crippen molar-refractivity contribution in [3.8, 4) is 0 Å². The number of nitrogens with one attached hydrogen (secondary N) is 1. The second-order valence-electron chi connectivity index (χ2n) is 7.70. The van der Waals surface area contributed by atoms with E-state index in [-0.39, 0.29) is 17.7 Å². The zero-order valence-corrected chi connectivity index (χ0v) is 19.1. The molecular weight excluding hydrogens is 417 g/mol. The Morgan fingerprint density at radius 1 is 1.26 bits per heavy atom. The average Bonchev–Trinajstić information content (AvgIpc) is 3.21. The van der Waals surface area contributed by atoms with Crippen LogP contribution in [0.4, 0.5) is 4.39 Å². The molecule has 1 amide bonds. The lowest BCUT2D eigenvalue weighted by atomic mass is 9.94. The zero-order chi connectivity index (χ0) is 22.7. The molecule has 1 N–H and O–H groups in total. The third-order valence-corrected chi connectivity index (χ3v) is 6.84. The maximum Gasteiger partial charge on any atom is 0.239 e. The number of aryl methyl sites for hydroxylation is 2. The van der Waals surface area contributed by atoms with Crippen LogP contribution in [0.5, 0.6) is 0 Å². The Balaban J connectivity index is 2.00. The molecule has 0 spiro atoms. The van der Waals surface area contributed by atoms with Crippen molar-refractivity contribution in [2.45, 2.75) is 40.2 Å². The van der Waals surface area contributed by atoms with Crippen LogP contribution in [-0.2, 0) is 4.79 Å². The molecule has 1 aliphatic heterocycles. The first-order chi connectivity index (χ1) is 14.8. The van der Waals surface area contributed by atoms with E-state index in [2.05, 4.69) is 18.8 Å². The highest BCUT2D eigenvalue weighted by atomic mass is 32.1. The average molecular weight is 446 g/mol. The number of Topliss-reactive ketones (excluding diaryl/α,β-unsaturated/α-hetero) is 1. The fourth-order valence-corrected chi connectivity index (χ4v) is 4.96. The molecule has 0 saturated carbocycles. The van der Waals surface area contributed by atoms with E-state index in [1.807, 2.05) is 0 Å². The summed E-state index contributed by atoms with van der Waals surface area (Å²) in [6, 6.07) is 4.98. The lowest BCUT2D eigenvalue weighted by Gasteiger charge is -2.28. The van der Waals surface area contributed by atoms with Crippen LogP contribution >= 0.6 is 11.3 Å². The maximum atomic E-state index is 14.8. The predicted molar refractivity (Wildman–Crippen MR) is 115 cm³/mol. The lowest BCUT2D eigenvalue weighted by molar-refractivity contribution is -0.896. The van der Waals surface area contributed by atoms with Gasteiger partial charge in [-0.15, -0.1) is 11.3 Å². The predicted octanol–water partition coefficient (Wildman–Crippen LogP) is 1.59. The third kappa shape index (κ3) is 4.55. The quantitative estimate of drug-likeness (QED) is 0.595. The van der Waals surface area contributed by atoms with Crippen LogP contribution in [-0.4, -0.2) is 47.8 Å². The summed E-state index contributed by atoms with van der Waals surface area (Å²) in [5, 5.41) is 13.7. The molecule has 8 heteroatoms. The first kappa shape index (κ1) is 23.1. The van der Waals surface area contributed by atoms with Crippen molar-refractivity contribution in [2.75, 3.05) is 26.2 Å². The topological polar surface area (TPSA) is 77.8 Å². The second-order valence-corrected chi connectivity index (χ2v) is 8.91. The summed E-state index contributed by atoms with van der Waals surface area (Å²) in [5.41, 5.74) is 0.493. The van der Waals surface area contributed by atoms with Gasteiger partial charge in [-0.25, -0.2) is 9.37 Å². The van der Waals surface area contributed by atoms with Crippen LogP contribution in [0, 0.1) is 19.7 Å². The van der Waals surface area contributed by atoms with Crippen LogP contribution in [0.2, 0.25) is 0 Å². The summed E-state index contributed by atoms with van der Waals surface area (Å²) >= 11 is 1.18. The Morgan fingerprint density at radius 3 is 2.52 bits per heavy atom. The highest BCUT2D eigenvalue weighted by Gasteiger charge is 2.41. The third-order valence-electron chi connectivity index (χ3n) is 5.77. The summed E-state index contributed by atoms with van der Waals surface area (Å²) < 4.78 is 14.8. The summed E-state index contributed by atoms with van der Waals surface area (Å²) in [6.45, 7) is 10.7. The Morgan fingerprint density at radius 2 is 1.94 bits per heavy atom. The monoisotopic (exact) mass is 445 g/mol. The number of ketones is 1. The normalized spacial score (nSPS) is 16.6. The standard InChI is InChI=1S/C23H28FN3O3S/c1-5-26(6-2)12-9-13-27-19(16-10-7-8-11-17(16)24)18(21(29)23(27)30)20(28)22-14(3)25-15(4)31-22/h7-8,10-11,19,29H,5-6,9,12-13H2,1-4H3. The summed E-state index contributed by atoms with van der Waals surface area (Å²) in [5.74, 6) is -2.67. The smallest absolute Gasteiger partial charge is 0.239 e. The van der Waals surface area contributed by atoms with Gasteiger partial charge in [0.05, 0.1) is 41.3 Å². The molecule has 1 aromatic heterocycles. The van der Waals surface area contributed by atoms with E-state index in [4.69, 9.17) is 0 Å². The molecule has 0 aliphatic carbocycles. The molecule has 2 heterocycles. The second kappa shape index (κ2) is 9.70. The number of amides is 1. The molecule has 1 aromatic carbocycles. The number of halogens is 1. The Hall–Kier alpha value is -2.58. The Labute approximate surface area is 186 Å². The van der Waals surface area contributed by atoms with E-state index < -0.39 is 29.3 Å². The summed E-state index contributed by atoms with van der Waals surface area (Å²) in [7, 11) is 0. The van der Waals surface area contributed by atoms with Gasteiger partial charge in [0, 0.05) is 24.1 Å². The minimum atomic E-state index is -1.03. The number of hydrogen-bond acceptors (Lipinski definition) is 5. The van der Waals surface area contributed by atoms with Crippen molar-refractivity contribution < 1.29 is 24.0 Å². The number of rotatable bonds is 9. The molecule has 0 radical (unpaired) electrons. The fourth-order valence-electron chi connectivity index (χ4n) is 4.09. The first-order valence-corrected chi connectivity index (χ1v) is 11.4. The summed E-state index contributed by atoms with van der Waals surface area (Å²) in [6.07, 6.45) is 0.654. The van der Waals surface area contributed by atoms with Crippen molar-refractivity contribution in [3.05, 3.63) is 62.6 Å². The molecule has 166 valence electrons. The van der Waals surface area contributed by atoms with Gasteiger partial charge in [0.25, 0.3) is 0 Å². The van der Waals surface area contributed by atoms with E-state index >= 15 is 0 Å². The zero-order valence-electron chi connectivity index (χ0n) is 18.3. The molecule has 0 fully saturated rings. The maximum absolute atomic E-state index is 14.8. The number of carbonyl (C=O) groups excluding carboxylic acids is 2. The highest BCUT2D eigenvalue weighted by Crippen LogP contribution is 2.40. The molecular formula is C23H28FN3O3S. The van der Waals surface area contributed by atoms with Gasteiger partial charge < -0.3 is 14.9 Å². The van der Waals surface area contributed by atoms with Crippen LogP contribution in [0.1, 0.15) is 52.2 Å². The van der Waals surface area contributed by atoms with E-state index in [0.717, 1.165) is 19.6 Å². The van der Waals surface area contributed by atoms with E-state index in [1.165, 1.54) is 33.3 Å². The minimum Gasteiger partial charge on any atom is -0.868 e. The van der Waals surface area contributed by atoms with Gasteiger partial charge in [0.15, 0.2) is 0 Å². The molecule has 6 nitrogen and oxygen atoms in total. The van der Waals surface area contributed by atoms with Gasteiger partial charge in [0.1, 0.15) is 5.82 Å². The number of nitrogens with zero attached hydrogens (tertiary/aromatic N) is 2. The van der Waals surface area contributed by atoms with Crippen molar-refractivity contribution in [3.63, 3.8) is 0 Å². The molecule has 0 bridgehead atoms. The van der Waals surface area contributed by atoms with Gasteiger partial charge in [-0.3, -0.25) is 9.59 Å². The van der Waals surface area contributed by atoms with Crippen LogP contribution in [0.3, 0.4) is 0 Å². The number of hydrogen-bond donors (Lipinski definition) is 1. The fraction of sp³-hybridized carbons (Fsp3) is 0.435. The summed E-state index contributed by atoms with van der Waals surface area (Å²) in [4.78, 5) is 33.6. The largest absolute Gasteiger partial charge is 0.868 e. The van der Waals surface area contributed by atoms with Gasteiger partial charge in [-0.2, -0.15) is 0 Å². The van der Waals surface area contributed by atoms with E-state index in [9.17, 15) is 19.1 Å². The molecule has 0 saturated heterocycles. The van der Waals surface area contributed by atoms with Crippen molar-refractivity contribution in [2.24, 2.45) is 0 Å². The van der Waals surface area contributed by atoms with E-state index in [1.54, 1.807) is 26.0 Å². The van der Waals surface area contributed by atoms with Gasteiger partial charge >= 0.3 is 0 Å². The minimum absolute atomic E-state index is 0.166. The van der Waals surface area contributed by atoms with Crippen molar-refractivity contribution in [1.82, 2.24) is 9.88 Å². The Kier molecular flexibility index (Phi) is 7.23. The molecule has 3 rings (SSSR count). The van der Waals surface area contributed by atoms with Crippen LogP contribution < -0.4 is 10.0 Å². The Bertz CT molecular complexity index is 1010. The highest BCUT2D eigenvalue weighted by molar-refractivity contribution is 7.14. The number of thiazole rings is 1. The molecule has 2 aromatic rings. The number of quaternary nitrogens is 1. The molecule has 1 unspecified atom stereocenters. The van der Waals surface area contributed by atoms with E-state index in [0.29, 0.717) is 22.0 Å². The lowest BCUT2D eigenvalue weighted by Crippen LogP contribution is -3.11. The van der Waals surface area contributed by atoms with Crippen LogP contribution in [0.15, 0.2) is 35.6 Å². The number of aromatic nitrogens is 1. The van der Waals surface area contributed by atoms with Gasteiger partial charge in [-0.1, -0.05) is 18.2 Å². The molecule has 1 aliphatic rings. The SMILES string of the molecule is CC[NH+](CC)CCCN1C(=O)C([O-])=C(C(=O)c2sc(C)nc2C)C1c1ccccc1F. The van der Waals surface area contributed by atoms with Gasteiger partial charge in [-0.05, 0) is 39.5 Å². The first-order valence-electron chi connectivity index (χ1n) is 10.6. The molecule has 31 heavy (non-hydrogen) atoms. The molecule has 1 atom stereocenters. The number of carbonyl (C=O) groups is 2. The van der Waals surface area contributed by atoms with Crippen LogP contribution in [0.25, 0.3) is 0 Å². The van der Waals surface area contributed by atoms with Gasteiger partial charge in [0.2, 0.25) is 11.7 Å². The van der Waals surface area contributed by atoms with Crippen molar-refractivity contribution >= 4 is 23.0 Å². The van der Waals surface area contributed by atoms with Crippen molar-refractivity contribution in [1.29, 1.82) is 0 Å². The number of benzene rings is 1.